The van der Waals surface area contributed by atoms with Gasteiger partial charge in [-0.2, -0.15) is 13.2 Å². The first-order valence-electron chi connectivity index (χ1n) is 5.50. The molecular weight excluding hydrogens is 245 g/mol. The highest BCUT2D eigenvalue weighted by atomic mass is 19.4. The number of halogens is 3. The Balaban J connectivity index is 2.21. The van der Waals surface area contributed by atoms with E-state index in [1.165, 1.54) is 6.07 Å². The van der Waals surface area contributed by atoms with Crippen molar-refractivity contribution in [3.8, 4) is 0 Å². The minimum absolute atomic E-state index is 0.0659. The van der Waals surface area contributed by atoms with Crippen molar-refractivity contribution in [2.75, 3.05) is 5.73 Å². The van der Waals surface area contributed by atoms with Gasteiger partial charge >= 0.3 is 6.18 Å². The van der Waals surface area contributed by atoms with Crippen LogP contribution in [0.15, 0.2) is 18.2 Å². The highest BCUT2D eigenvalue weighted by molar-refractivity contribution is 5.97. The summed E-state index contributed by atoms with van der Waals surface area (Å²) in [4.78, 5) is 11.9. The van der Waals surface area contributed by atoms with Crippen LogP contribution in [0.2, 0.25) is 0 Å². The Hall–Kier alpha value is -1.72. The number of hydrogen-bond donors (Lipinski definition) is 2. The smallest absolute Gasteiger partial charge is 0.399 e. The molecule has 1 saturated carbocycles. The van der Waals surface area contributed by atoms with Crippen molar-refractivity contribution < 1.29 is 18.0 Å². The molecule has 0 bridgehead atoms. The molecule has 1 aliphatic rings. The van der Waals surface area contributed by atoms with Crippen molar-refractivity contribution >= 4 is 11.6 Å². The quantitative estimate of drug-likeness (QED) is 0.800. The Bertz CT molecular complexity index is 493. The number of carbonyl (C=O) groups excluding carboxylic acids is 1. The number of aryl methyl sites for hydroxylation is 1. The predicted octanol–water partition coefficient (Wildman–Crippen LogP) is 2.40. The molecule has 3 N–H and O–H groups in total. The van der Waals surface area contributed by atoms with Gasteiger partial charge in [-0.15, -0.1) is 0 Å². The van der Waals surface area contributed by atoms with E-state index in [1.807, 2.05) is 0 Å². The zero-order chi connectivity index (χ0) is 13.6. The van der Waals surface area contributed by atoms with E-state index in [2.05, 4.69) is 5.32 Å². The normalized spacial score (nSPS) is 17.3. The molecule has 1 aromatic carbocycles. The first-order valence-corrected chi connectivity index (χ1v) is 5.50. The van der Waals surface area contributed by atoms with E-state index in [0.29, 0.717) is 11.3 Å². The van der Waals surface area contributed by atoms with Crippen LogP contribution in [0.4, 0.5) is 18.9 Å². The number of nitrogen functional groups attached to an aromatic ring is 1. The molecule has 0 aliphatic heterocycles. The lowest BCUT2D eigenvalue weighted by Crippen LogP contribution is -2.48. The molecule has 0 aromatic heterocycles. The van der Waals surface area contributed by atoms with Gasteiger partial charge in [-0.3, -0.25) is 4.79 Å². The molecule has 18 heavy (non-hydrogen) atoms. The lowest BCUT2D eigenvalue weighted by Gasteiger charge is -2.21. The molecule has 3 nitrogen and oxygen atoms in total. The molecule has 0 unspecified atom stereocenters. The van der Waals surface area contributed by atoms with Crippen LogP contribution in [0.1, 0.15) is 28.8 Å². The number of nitrogens with two attached hydrogens (primary N) is 1. The first kappa shape index (κ1) is 12.7. The molecule has 98 valence electrons. The molecule has 1 aliphatic carbocycles. The molecule has 0 heterocycles. The molecule has 1 amide bonds. The second kappa shape index (κ2) is 3.90. The fourth-order valence-corrected chi connectivity index (χ4v) is 1.77. The Kier molecular flexibility index (Phi) is 2.76. The summed E-state index contributed by atoms with van der Waals surface area (Å²) >= 11 is 0. The van der Waals surface area contributed by atoms with Crippen molar-refractivity contribution in [1.82, 2.24) is 5.32 Å². The zero-order valence-corrected chi connectivity index (χ0v) is 9.77. The summed E-state index contributed by atoms with van der Waals surface area (Å²) in [5.74, 6) is -0.727. The van der Waals surface area contributed by atoms with Gasteiger partial charge in [0.25, 0.3) is 5.91 Å². The lowest BCUT2D eigenvalue weighted by atomic mass is 10.1. The number of nitrogens with one attached hydrogen (secondary N) is 1. The van der Waals surface area contributed by atoms with Crippen LogP contribution in [0, 0.1) is 6.92 Å². The van der Waals surface area contributed by atoms with Crippen molar-refractivity contribution in [1.29, 1.82) is 0 Å². The topological polar surface area (TPSA) is 55.1 Å². The number of hydrogen-bond acceptors (Lipinski definition) is 2. The molecule has 0 spiro atoms. The van der Waals surface area contributed by atoms with Crippen LogP contribution < -0.4 is 11.1 Å². The Labute approximate surface area is 102 Å². The summed E-state index contributed by atoms with van der Waals surface area (Å²) < 4.78 is 38.1. The molecule has 1 aromatic rings. The number of alkyl halides is 3. The van der Waals surface area contributed by atoms with Crippen LogP contribution in [-0.2, 0) is 0 Å². The van der Waals surface area contributed by atoms with Crippen molar-refractivity contribution in [2.45, 2.75) is 31.5 Å². The Morgan fingerprint density at radius 2 is 2.00 bits per heavy atom. The Morgan fingerprint density at radius 3 is 2.50 bits per heavy atom. The van der Waals surface area contributed by atoms with Gasteiger partial charge in [0, 0.05) is 11.3 Å². The second-order valence-corrected chi connectivity index (χ2v) is 4.61. The van der Waals surface area contributed by atoms with Gasteiger partial charge in [0.1, 0.15) is 5.54 Å². The zero-order valence-electron chi connectivity index (χ0n) is 9.77. The summed E-state index contributed by atoms with van der Waals surface area (Å²) in [6.07, 6.45) is -4.54. The average Bonchev–Trinajstić information content (AvgIpc) is 3.01. The standard InChI is InChI=1S/C12H13F3N2O/c1-7-2-3-8(16)6-9(7)10(18)17-11(4-5-11)12(13,14)15/h2-3,6H,4-5,16H2,1H3,(H,17,18). The molecule has 0 atom stereocenters. The van der Waals surface area contributed by atoms with Gasteiger partial charge in [0.2, 0.25) is 0 Å². The van der Waals surface area contributed by atoms with Crippen LogP contribution in [0.3, 0.4) is 0 Å². The number of rotatable bonds is 2. The molecule has 0 radical (unpaired) electrons. The van der Waals surface area contributed by atoms with E-state index in [4.69, 9.17) is 5.73 Å². The molecular formula is C12H13F3N2O. The first-order chi connectivity index (χ1) is 8.25. The van der Waals surface area contributed by atoms with Crippen LogP contribution in [0.25, 0.3) is 0 Å². The molecule has 0 saturated heterocycles. The number of benzene rings is 1. The third-order valence-electron chi connectivity index (χ3n) is 3.15. The summed E-state index contributed by atoms with van der Waals surface area (Å²) in [5, 5.41) is 2.07. The van der Waals surface area contributed by atoms with Gasteiger partial charge in [-0.25, -0.2) is 0 Å². The largest absolute Gasteiger partial charge is 0.411 e. The van der Waals surface area contributed by atoms with Crippen LogP contribution in [0.5, 0.6) is 0 Å². The maximum Gasteiger partial charge on any atom is 0.411 e. The SMILES string of the molecule is Cc1ccc(N)cc1C(=O)NC1(C(F)(F)F)CC1. The number of carbonyl (C=O) groups is 1. The predicted molar refractivity (Wildman–Crippen MR) is 61.1 cm³/mol. The van der Waals surface area contributed by atoms with Gasteiger partial charge < -0.3 is 11.1 Å². The second-order valence-electron chi connectivity index (χ2n) is 4.61. The molecule has 6 heteroatoms. The maximum atomic E-state index is 12.7. The van der Waals surface area contributed by atoms with Crippen molar-refractivity contribution in [3.63, 3.8) is 0 Å². The summed E-state index contributed by atoms with van der Waals surface area (Å²) in [6.45, 7) is 1.65. The lowest BCUT2D eigenvalue weighted by molar-refractivity contribution is -0.163. The van der Waals surface area contributed by atoms with Gasteiger partial charge in [-0.05, 0) is 37.5 Å². The van der Waals surface area contributed by atoms with E-state index in [9.17, 15) is 18.0 Å². The highest BCUT2D eigenvalue weighted by Gasteiger charge is 2.64. The van der Waals surface area contributed by atoms with E-state index >= 15 is 0 Å². The Morgan fingerprint density at radius 1 is 1.39 bits per heavy atom. The number of amides is 1. The fourth-order valence-electron chi connectivity index (χ4n) is 1.77. The summed E-state index contributed by atoms with van der Waals surface area (Å²) in [7, 11) is 0. The van der Waals surface area contributed by atoms with Crippen LogP contribution >= 0.6 is 0 Å². The summed E-state index contributed by atoms with van der Waals surface area (Å²) in [5.41, 5.74) is 4.62. The third kappa shape index (κ3) is 2.14. The van der Waals surface area contributed by atoms with Crippen molar-refractivity contribution in [3.05, 3.63) is 29.3 Å². The van der Waals surface area contributed by atoms with E-state index in [1.54, 1.807) is 19.1 Å². The molecule has 1 fully saturated rings. The minimum atomic E-state index is -4.41. The molecule has 2 rings (SSSR count). The van der Waals surface area contributed by atoms with E-state index in [-0.39, 0.29) is 18.4 Å². The summed E-state index contributed by atoms with van der Waals surface area (Å²) in [6, 6.07) is 4.59. The van der Waals surface area contributed by atoms with E-state index in [0.717, 1.165) is 0 Å². The minimum Gasteiger partial charge on any atom is -0.399 e. The monoisotopic (exact) mass is 258 g/mol. The van der Waals surface area contributed by atoms with Gasteiger partial charge in [0.15, 0.2) is 0 Å². The van der Waals surface area contributed by atoms with Gasteiger partial charge in [-0.1, -0.05) is 6.07 Å². The van der Waals surface area contributed by atoms with Crippen molar-refractivity contribution in [2.24, 2.45) is 0 Å². The highest BCUT2D eigenvalue weighted by Crippen LogP contribution is 2.49. The number of anilines is 1. The third-order valence-corrected chi connectivity index (χ3v) is 3.15. The fraction of sp³-hybridized carbons (Fsp3) is 0.417. The maximum absolute atomic E-state index is 12.7. The van der Waals surface area contributed by atoms with Crippen LogP contribution in [-0.4, -0.2) is 17.6 Å². The van der Waals surface area contributed by atoms with E-state index < -0.39 is 17.6 Å². The average molecular weight is 258 g/mol. The van der Waals surface area contributed by atoms with Gasteiger partial charge in [0.05, 0.1) is 0 Å².